The normalized spacial score (nSPS) is 22.5. The Morgan fingerprint density at radius 2 is 2.47 bits per heavy atom. The minimum absolute atomic E-state index is 0.0228. The van der Waals surface area contributed by atoms with Gasteiger partial charge in [0.1, 0.15) is 0 Å². The number of hydrogen-bond donors (Lipinski definition) is 1. The topological polar surface area (TPSA) is 64.0 Å². The van der Waals surface area contributed by atoms with Crippen molar-refractivity contribution in [2.24, 2.45) is 0 Å². The summed E-state index contributed by atoms with van der Waals surface area (Å²) >= 11 is 0. The molecule has 0 aromatic carbocycles. The number of aryl methyl sites for hydroxylation is 1. The van der Waals surface area contributed by atoms with Crippen LogP contribution in [0.2, 0.25) is 0 Å². The molecular formula is C11H17N3O2S. The number of allylic oxidation sites excluding steroid dienone is 1. The van der Waals surface area contributed by atoms with Gasteiger partial charge in [0, 0.05) is 18.8 Å². The highest BCUT2D eigenvalue weighted by molar-refractivity contribution is 7.91. The average Bonchev–Trinajstić information content (AvgIpc) is 2.72. The van der Waals surface area contributed by atoms with Gasteiger partial charge in [-0.3, -0.25) is 0 Å². The Kier molecular flexibility index (Phi) is 3.24. The Morgan fingerprint density at radius 3 is 3.06 bits per heavy atom. The Labute approximate surface area is 101 Å². The molecule has 0 saturated carbocycles. The second-order valence-electron chi connectivity index (χ2n) is 4.39. The molecule has 5 nitrogen and oxygen atoms in total. The monoisotopic (exact) mass is 255 g/mol. The Morgan fingerprint density at radius 1 is 1.71 bits per heavy atom. The molecule has 2 heterocycles. The molecule has 0 spiro atoms. The van der Waals surface area contributed by atoms with E-state index >= 15 is 0 Å². The number of hydrogen-bond acceptors (Lipinski definition) is 4. The third kappa shape index (κ3) is 2.88. The summed E-state index contributed by atoms with van der Waals surface area (Å²) < 4.78 is 24.7. The largest absolute Gasteiger partial charge is 0.352 e. The van der Waals surface area contributed by atoms with Crippen LogP contribution in [0.5, 0.6) is 0 Å². The second-order valence-corrected chi connectivity index (χ2v) is 6.62. The van der Waals surface area contributed by atoms with E-state index < -0.39 is 9.84 Å². The highest BCUT2D eigenvalue weighted by atomic mass is 32.2. The van der Waals surface area contributed by atoms with Crippen LogP contribution in [-0.2, 0) is 16.4 Å². The van der Waals surface area contributed by atoms with Crippen molar-refractivity contribution in [1.82, 2.24) is 9.55 Å². The van der Waals surface area contributed by atoms with E-state index in [0.717, 1.165) is 11.6 Å². The van der Waals surface area contributed by atoms with Gasteiger partial charge in [0.25, 0.3) is 0 Å². The van der Waals surface area contributed by atoms with E-state index in [1.807, 2.05) is 17.7 Å². The first-order valence-corrected chi connectivity index (χ1v) is 7.44. The molecule has 1 fully saturated rings. The lowest BCUT2D eigenvalue weighted by Gasteiger charge is -2.12. The third-order valence-corrected chi connectivity index (χ3v) is 4.56. The maximum atomic E-state index is 11.4. The number of nitrogens with zero attached hydrogens (tertiary/aromatic N) is 2. The molecule has 1 aromatic heterocycles. The van der Waals surface area contributed by atoms with Gasteiger partial charge in [0.2, 0.25) is 5.95 Å². The van der Waals surface area contributed by atoms with Crippen molar-refractivity contribution in [3.8, 4) is 0 Å². The Balaban J connectivity index is 2.11. The first-order valence-electron chi connectivity index (χ1n) is 5.62. The minimum atomic E-state index is -2.85. The van der Waals surface area contributed by atoms with Crippen molar-refractivity contribution in [1.29, 1.82) is 0 Å². The fourth-order valence-corrected chi connectivity index (χ4v) is 3.71. The van der Waals surface area contributed by atoms with Crippen LogP contribution in [0, 0.1) is 6.92 Å². The molecule has 0 radical (unpaired) electrons. The summed E-state index contributed by atoms with van der Waals surface area (Å²) in [5.41, 5.74) is 0.912. The summed E-state index contributed by atoms with van der Waals surface area (Å²) in [6.07, 6.45) is 4.37. The van der Waals surface area contributed by atoms with Gasteiger partial charge in [0.05, 0.1) is 17.2 Å². The van der Waals surface area contributed by atoms with Crippen molar-refractivity contribution < 1.29 is 8.42 Å². The summed E-state index contributed by atoms with van der Waals surface area (Å²) in [6.45, 7) is 6.27. The van der Waals surface area contributed by atoms with E-state index in [1.165, 1.54) is 0 Å². The molecule has 0 aliphatic carbocycles. The summed E-state index contributed by atoms with van der Waals surface area (Å²) in [4.78, 5) is 4.35. The van der Waals surface area contributed by atoms with Gasteiger partial charge in [-0.05, 0) is 13.3 Å². The zero-order valence-electron chi connectivity index (χ0n) is 9.89. The number of aromatic nitrogens is 2. The zero-order chi connectivity index (χ0) is 12.5. The summed E-state index contributed by atoms with van der Waals surface area (Å²) in [5, 5.41) is 3.20. The van der Waals surface area contributed by atoms with Crippen LogP contribution in [0.25, 0.3) is 0 Å². The standard InChI is InChI=1S/C11H17N3O2S/c1-3-5-14-7-9(2)12-11(14)13-10-4-6-17(15,16)8-10/h3,7,10H,1,4-6,8H2,2H3,(H,12,13). The maximum Gasteiger partial charge on any atom is 0.203 e. The van der Waals surface area contributed by atoms with Gasteiger partial charge < -0.3 is 9.88 Å². The smallest absolute Gasteiger partial charge is 0.203 e. The van der Waals surface area contributed by atoms with Crippen molar-refractivity contribution >= 4 is 15.8 Å². The van der Waals surface area contributed by atoms with E-state index in [4.69, 9.17) is 0 Å². The first-order chi connectivity index (χ1) is 8.00. The summed E-state index contributed by atoms with van der Waals surface area (Å²) in [5.74, 6) is 1.20. The summed E-state index contributed by atoms with van der Waals surface area (Å²) in [6, 6.07) is -0.0228. The van der Waals surface area contributed by atoms with Gasteiger partial charge >= 0.3 is 0 Å². The number of sulfone groups is 1. The van der Waals surface area contributed by atoms with Gasteiger partial charge in [-0.25, -0.2) is 13.4 Å². The van der Waals surface area contributed by atoms with Crippen LogP contribution < -0.4 is 5.32 Å². The molecule has 1 N–H and O–H groups in total. The van der Waals surface area contributed by atoms with Crippen LogP contribution in [-0.4, -0.2) is 35.5 Å². The fraction of sp³-hybridized carbons (Fsp3) is 0.545. The van der Waals surface area contributed by atoms with Gasteiger partial charge in [-0.15, -0.1) is 6.58 Å². The highest BCUT2D eigenvalue weighted by Gasteiger charge is 2.28. The lowest BCUT2D eigenvalue weighted by molar-refractivity contribution is 0.602. The molecule has 1 aliphatic heterocycles. The number of imidazole rings is 1. The van der Waals surface area contributed by atoms with Crippen LogP contribution in [0.15, 0.2) is 18.9 Å². The van der Waals surface area contributed by atoms with Gasteiger partial charge in [-0.1, -0.05) is 6.08 Å². The molecule has 6 heteroatoms. The number of anilines is 1. The van der Waals surface area contributed by atoms with Crippen LogP contribution >= 0.6 is 0 Å². The molecule has 1 aliphatic rings. The van der Waals surface area contributed by atoms with Crippen molar-refractivity contribution in [3.05, 3.63) is 24.5 Å². The molecule has 1 saturated heterocycles. The highest BCUT2D eigenvalue weighted by Crippen LogP contribution is 2.17. The fourth-order valence-electron chi connectivity index (χ4n) is 2.03. The number of nitrogens with one attached hydrogen (secondary N) is 1. The molecule has 94 valence electrons. The van der Waals surface area contributed by atoms with E-state index in [-0.39, 0.29) is 17.5 Å². The van der Waals surface area contributed by atoms with Crippen molar-refractivity contribution in [2.75, 3.05) is 16.8 Å². The lowest BCUT2D eigenvalue weighted by atomic mass is 10.3. The van der Waals surface area contributed by atoms with E-state index in [0.29, 0.717) is 13.0 Å². The SMILES string of the molecule is C=CCn1cc(C)nc1NC1CCS(=O)(=O)C1. The van der Waals surface area contributed by atoms with Crippen LogP contribution in [0.4, 0.5) is 5.95 Å². The molecule has 17 heavy (non-hydrogen) atoms. The second kappa shape index (κ2) is 4.52. The Hall–Kier alpha value is -1.30. The Bertz CT molecular complexity index is 519. The molecule has 0 amide bonds. The molecule has 1 unspecified atom stereocenters. The van der Waals surface area contributed by atoms with Crippen molar-refractivity contribution in [2.45, 2.75) is 25.9 Å². The first kappa shape index (κ1) is 12.2. The lowest BCUT2D eigenvalue weighted by Crippen LogP contribution is -2.22. The maximum absolute atomic E-state index is 11.4. The van der Waals surface area contributed by atoms with Crippen LogP contribution in [0.1, 0.15) is 12.1 Å². The van der Waals surface area contributed by atoms with E-state index in [9.17, 15) is 8.42 Å². The summed E-state index contributed by atoms with van der Waals surface area (Å²) in [7, 11) is -2.85. The van der Waals surface area contributed by atoms with Gasteiger partial charge in [0.15, 0.2) is 9.84 Å². The minimum Gasteiger partial charge on any atom is -0.352 e. The molecule has 0 bridgehead atoms. The predicted octanol–water partition coefficient (Wildman–Crippen LogP) is 0.977. The molecule has 1 atom stereocenters. The van der Waals surface area contributed by atoms with Gasteiger partial charge in [-0.2, -0.15) is 0 Å². The zero-order valence-corrected chi connectivity index (χ0v) is 10.7. The van der Waals surface area contributed by atoms with Crippen LogP contribution in [0.3, 0.4) is 0 Å². The average molecular weight is 255 g/mol. The predicted molar refractivity (Wildman–Crippen MR) is 67.8 cm³/mol. The third-order valence-electron chi connectivity index (χ3n) is 2.79. The molecule has 1 aromatic rings. The number of rotatable bonds is 4. The van der Waals surface area contributed by atoms with E-state index in [2.05, 4.69) is 16.9 Å². The van der Waals surface area contributed by atoms with E-state index in [1.54, 1.807) is 6.08 Å². The van der Waals surface area contributed by atoms with Crippen molar-refractivity contribution in [3.63, 3.8) is 0 Å². The molecule has 2 rings (SSSR count). The quantitative estimate of drug-likeness (QED) is 0.814. The molecular weight excluding hydrogens is 238 g/mol.